The quantitative estimate of drug-likeness (QED) is 0.363. The molecule has 0 spiro atoms. The average Bonchev–Trinajstić information content (AvgIpc) is 3.39. The first kappa shape index (κ1) is 25.9. The van der Waals surface area contributed by atoms with Crippen LogP contribution in [-0.4, -0.2) is 17.6 Å². The summed E-state index contributed by atoms with van der Waals surface area (Å²) in [5, 5.41) is 19.7. The number of hydrogen-bond acceptors (Lipinski definition) is 6. The zero-order valence-corrected chi connectivity index (χ0v) is 22.0. The van der Waals surface area contributed by atoms with E-state index < -0.39 is 5.92 Å². The highest BCUT2D eigenvalue weighted by atomic mass is 32.2. The monoisotopic (exact) mass is 512 g/mol. The summed E-state index contributed by atoms with van der Waals surface area (Å²) in [5.74, 6) is -0.671. The second-order valence-electron chi connectivity index (χ2n) is 8.87. The van der Waals surface area contributed by atoms with Crippen molar-refractivity contribution >= 4 is 35.0 Å². The smallest absolute Gasteiger partial charge is 0.254 e. The summed E-state index contributed by atoms with van der Waals surface area (Å²) in [4.78, 5) is 26.2. The number of hydrogen-bond donors (Lipinski definition) is 3. The van der Waals surface area contributed by atoms with Gasteiger partial charge in [-0.25, -0.2) is 0 Å². The molecule has 1 aliphatic heterocycles. The maximum absolute atomic E-state index is 13.4. The Morgan fingerprint density at radius 1 is 1.05 bits per heavy atom. The van der Waals surface area contributed by atoms with Gasteiger partial charge in [-0.3, -0.25) is 9.59 Å². The van der Waals surface area contributed by atoms with Crippen LogP contribution < -0.4 is 16.0 Å². The molecule has 2 heterocycles. The lowest BCUT2D eigenvalue weighted by molar-refractivity contribution is -0.114. The Bertz CT molecular complexity index is 1450. The number of furan rings is 1. The summed E-state index contributed by atoms with van der Waals surface area (Å²) in [6, 6.07) is 19.0. The number of benzene rings is 2. The Morgan fingerprint density at radius 2 is 1.84 bits per heavy atom. The molecule has 4 rings (SSSR count). The van der Waals surface area contributed by atoms with Crippen LogP contribution >= 0.6 is 11.8 Å². The van der Waals surface area contributed by atoms with Crippen LogP contribution in [0.3, 0.4) is 0 Å². The molecule has 37 heavy (non-hydrogen) atoms. The third-order valence-corrected chi connectivity index (χ3v) is 7.24. The highest BCUT2D eigenvalue weighted by Crippen LogP contribution is 2.41. The van der Waals surface area contributed by atoms with Crippen LogP contribution in [0.2, 0.25) is 0 Å². The summed E-state index contributed by atoms with van der Waals surface area (Å²) in [5.41, 5.74) is 5.83. The van der Waals surface area contributed by atoms with Crippen LogP contribution in [0.15, 0.2) is 87.1 Å². The first-order chi connectivity index (χ1) is 17.8. The maximum Gasteiger partial charge on any atom is 0.254 e. The summed E-state index contributed by atoms with van der Waals surface area (Å²) >= 11 is 1.22. The number of nitrogens with zero attached hydrogens (tertiary/aromatic N) is 1. The number of rotatable bonds is 7. The normalized spacial score (nSPS) is 15.2. The van der Waals surface area contributed by atoms with Gasteiger partial charge in [0.1, 0.15) is 5.76 Å². The van der Waals surface area contributed by atoms with Gasteiger partial charge in [-0.1, -0.05) is 36.0 Å². The third-order valence-electron chi connectivity index (χ3n) is 6.22. The minimum atomic E-state index is -0.712. The van der Waals surface area contributed by atoms with Gasteiger partial charge in [0.2, 0.25) is 5.91 Å². The van der Waals surface area contributed by atoms with Gasteiger partial charge >= 0.3 is 0 Å². The van der Waals surface area contributed by atoms with Crippen molar-refractivity contribution in [2.75, 3.05) is 16.4 Å². The van der Waals surface area contributed by atoms with E-state index in [-0.39, 0.29) is 17.6 Å². The molecule has 0 bridgehead atoms. The van der Waals surface area contributed by atoms with E-state index in [0.29, 0.717) is 33.3 Å². The summed E-state index contributed by atoms with van der Waals surface area (Å²) < 4.78 is 5.66. The Balaban J connectivity index is 1.59. The maximum atomic E-state index is 13.4. The fraction of sp³-hybridized carbons (Fsp3) is 0.207. The zero-order valence-electron chi connectivity index (χ0n) is 21.1. The van der Waals surface area contributed by atoms with Crippen molar-refractivity contribution in [3.8, 4) is 6.07 Å². The van der Waals surface area contributed by atoms with E-state index >= 15 is 0 Å². The van der Waals surface area contributed by atoms with Gasteiger partial charge in [-0.05, 0) is 74.7 Å². The number of carbonyl (C=O) groups excluding carboxylic acids is 2. The van der Waals surface area contributed by atoms with Crippen molar-refractivity contribution < 1.29 is 14.0 Å². The number of nitriles is 1. The molecule has 3 N–H and O–H groups in total. The van der Waals surface area contributed by atoms with Crippen LogP contribution in [-0.2, 0) is 9.59 Å². The van der Waals surface area contributed by atoms with Gasteiger partial charge in [0.25, 0.3) is 5.91 Å². The van der Waals surface area contributed by atoms with Crippen LogP contribution in [0, 0.1) is 32.1 Å². The molecule has 0 saturated carbocycles. The second kappa shape index (κ2) is 11.2. The Morgan fingerprint density at radius 3 is 2.54 bits per heavy atom. The number of aryl methyl sites for hydroxylation is 2. The molecule has 8 heteroatoms. The van der Waals surface area contributed by atoms with E-state index in [1.165, 1.54) is 18.0 Å². The van der Waals surface area contributed by atoms with Crippen molar-refractivity contribution in [2.24, 2.45) is 0 Å². The lowest BCUT2D eigenvalue weighted by Gasteiger charge is -2.28. The van der Waals surface area contributed by atoms with Crippen LogP contribution in [0.25, 0.3) is 0 Å². The minimum Gasteiger partial charge on any atom is -0.468 e. The molecule has 1 aliphatic rings. The Labute approximate surface area is 220 Å². The van der Waals surface area contributed by atoms with Gasteiger partial charge in [0.15, 0.2) is 0 Å². The number of amides is 2. The van der Waals surface area contributed by atoms with E-state index in [9.17, 15) is 14.9 Å². The highest BCUT2D eigenvalue weighted by molar-refractivity contribution is 8.03. The molecule has 0 unspecified atom stereocenters. The molecule has 0 radical (unpaired) electrons. The van der Waals surface area contributed by atoms with E-state index in [2.05, 4.69) is 22.0 Å². The number of nitrogens with one attached hydrogen (secondary N) is 3. The molecule has 1 aromatic heterocycles. The van der Waals surface area contributed by atoms with Gasteiger partial charge in [0, 0.05) is 17.1 Å². The number of anilines is 2. The van der Waals surface area contributed by atoms with Gasteiger partial charge in [-0.15, -0.1) is 0 Å². The molecular formula is C29H28N4O3S. The molecule has 188 valence electrons. The predicted molar refractivity (Wildman–Crippen MR) is 147 cm³/mol. The van der Waals surface area contributed by atoms with Gasteiger partial charge in [-0.2, -0.15) is 5.26 Å². The Kier molecular flexibility index (Phi) is 7.85. The van der Waals surface area contributed by atoms with Crippen molar-refractivity contribution in [3.05, 3.63) is 105 Å². The topological polar surface area (TPSA) is 107 Å². The van der Waals surface area contributed by atoms with E-state index in [1.54, 1.807) is 19.1 Å². The minimum absolute atomic E-state index is 0.0872. The third kappa shape index (κ3) is 5.79. The standard InChI is InChI=1S/C29H28N4O3S/c1-17-8-5-10-21(14-17)32-28(35)26-20(4)31-29(22(15-30)27(26)24-12-7-13-36-24)37-16-25(34)33-23-11-6-9-18(2)19(23)3/h5-14,27,31H,16H2,1-4H3,(H,32,35)(H,33,34)/t27-/m1/s1. The molecule has 2 amide bonds. The fourth-order valence-corrected chi connectivity index (χ4v) is 5.09. The summed E-state index contributed by atoms with van der Waals surface area (Å²) in [6.07, 6.45) is 1.52. The van der Waals surface area contributed by atoms with Crippen molar-refractivity contribution in [2.45, 2.75) is 33.6 Å². The first-order valence-corrected chi connectivity index (χ1v) is 12.8. The molecule has 0 fully saturated rings. The van der Waals surface area contributed by atoms with E-state index in [4.69, 9.17) is 4.42 Å². The second-order valence-corrected chi connectivity index (χ2v) is 9.86. The summed E-state index contributed by atoms with van der Waals surface area (Å²) in [6.45, 7) is 7.69. The lowest BCUT2D eigenvalue weighted by atomic mass is 9.85. The first-order valence-electron chi connectivity index (χ1n) is 11.8. The highest BCUT2D eigenvalue weighted by Gasteiger charge is 2.36. The van der Waals surface area contributed by atoms with E-state index in [1.807, 2.05) is 63.2 Å². The fourth-order valence-electron chi connectivity index (χ4n) is 4.20. The van der Waals surface area contributed by atoms with E-state index in [0.717, 1.165) is 22.4 Å². The molecule has 7 nitrogen and oxygen atoms in total. The van der Waals surface area contributed by atoms with Crippen molar-refractivity contribution in [3.63, 3.8) is 0 Å². The Hall–Kier alpha value is -4.22. The van der Waals surface area contributed by atoms with Crippen molar-refractivity contribution in [1.82, 2.24) is 5.32 Å². The SMILES string of the molecule is CC1=C(C(=O)Nc2cccc(C)c2)[C@@H](c2ccco2)C(C#N)=C(SCC(=O)Nc2cccc(C)c2C)N1. The molecule has 2 aromatic carbocycles. The van der Waals surface area contributed by atoms with Crippen molar-refractivity contribution in [1.29, 1.82) is 5.26 Å². The van der Waals surface area contributed by atoms with Crippen LogP contribution in [0.1, 0.15) is 35.3 Å². The zero-order chi connectivity index (χ0) is 26.5. The summed E-state index contributed by atoms with van der Waals surface area (Å²) in [7, 11) is 0. The number of carbonyl (C=O) groups is 2. The number of thioether (sulfide) groups is 1. The van der Waals surface area contributed by atoms with Gasteiger partial charge in [0.05, 0.1) is 40.2 Å². The van der Waals surface area contributed by atoms with Crippen LogP contribution in [0.5, 0.6) is 0 Å². The molecule has 0 saturated heterocycles. The lowest BCUT2D eigenvalue weighted by Crippen LogP contribution is -2.31. The predicted octanol–water partition coefficient (Wildman–Crippen LogP) is 5.91. The van der Waals surface area contributed by atoms with Gasteiger partial charge < -0.3 is 20.4 Å². The molecule has 1 atom stereocenters. The molecular weight excluding hydrogens is 484 g/mol. The average molecular weight is 513 g/mol. The number of dihydropyridines is 1. The molecule has 3 aromatic rings. The number of allylic oxidation sites excluding steroid dienone is 2. The van der Waals surface area contributed by atoms with Crippen LogP contribution in [0.4, 0.5) is 11.4 Å². The molecule has 0 aliphatic carbocycles. The largest absolute Gasteiger partial charge is 0.468 e.